The third kappa shape index (κ3) is 6.04. The summed E-state index contributed by atoms with van der Waals surface area (Å²) in [5, 5.41) is 15.5. The Morgan fingerprint density at radius 3 is 2.87 bits per heavy atom. The molecule has 1 aromatic carbocycles. The first kappa shape index (κ1) is 23.2. The van der Waals surface area contributed by atoms with Gasteiger partial charge in [0.2, 0.25) is 5.96 Å². The van der Waals surface area contributed by atoms with Crippen molar-refractivity contribution in [1.29, 1.82) is 0 Å². The molecule has 0 radical (unpaired) electrons. The Labute approximate surface area is 193 Å². The summed E-state index contributed by atoms with van der Waals surface area (Å²) in [6, 6.07) is 5.45. The molecule has 0 saturated heterocycles. The number of aliphatic imine (C=N–C) groups is 2. The number of carbonyl (C=O) groups is 1. The van der Waals surface area contributed by atoms with Gasteiger partial charge in [-0.3, -0.25) is 9.79 Å². The Bertz CT molecular complexity index is 975. The molecule has 1 aliphatic rings. The summed E-state index contributed by atoms with van der Waals surface area (Å²) in [6.45, 7) is 4.34. The van der Waals surface area contributed by atoms with Gasteiger partial charge in [0.15, 0.2) is 10.1 Å². The smallest absolute Gasteiger partial charge is 0.217 e. The van der Waals surface area contributed by atoms with Crippen molar-refractivity contribution in [3.63, 3.8) is 0 Å². The quantitative estimate of drug-likeness (QED) is 0.547. The van der Waals surface area contributed by atoms with Crippen molar-refractivity contribution in [2.75, 3.05) is 19.7 Å². The highest BCUT2D eigenvalue weighted by molar-refractivity contribution is 8.03. The molecule has 3 rings (SSSR count). The summed E-state index contributed by atoms with van der Waals surface area (Å²) in [5.41, 5.74) is 1.90. The maximum absolute atomic E-state index is 11.8. The maximum Gasteiger partial charge on any atom is 0.217 e. The molecule has 6 nitrogen and oxygen atoms in total. The Morgan fingerprint density at radius 2 is 2.20 bits per heavy atom. The van der Waals surface area contributed by atoms with E-state index in [1.165, 1.54) is 23.1 Å². The largest absolute Gasteiger partial charge is 0.389 e. The molecule has 0 spiro atoms. The van der Waals surface area contributed by atoms with Crippen LogP contribution in [0.4, 0.5) is 0 Å². The Balaban J connectivity index is 1.47. The van der Waals surface area contributed by atoms with Crippen LogP contribution in [-0.2, 0) is 11.2 Å². The lowest BCUT2D eigenvalue weighted by Gasteiger charge is -2.19. The average Bonchev–Trinajstić information content (AvgIpc) is 3.14. The number of guanidine groups is 1. The highest BCUT2D eigenvalue weighted by Gasteiger charge is 2.29. The number of nitrogens with zero attached hydrogens (tertiary/aromatic N) is 3. The number of halogens is 2. The molecular formula is C20H22Cl2N4O2S2. The van der Waals surface area contributed by atoms with Crippen LogP contribution in [0.5, 0.6) is 0 Å². The zero-order chi connectivity index (χ0) is 21.7. The van der Waals surface area contributed by atoms with Crippen molar-refractivity contribution in [2.24, 2.45) is 9.98 Å². The first-order valence-corrected chi connectivity index (χ1v) is 11.8. The minimum absolute atomic E-state index is 0.0309. The van der Waals surface area contributed by atoms with Gasteiger partial charge in [-0.2, -0.15) is 0 Å². The van der Waals surface area contributed by atoms with Crippen molar-refractivity contribution in [2.45, 2.75) is 35.3 Å². The number of rotatable bonds is 8. The van der Waals surface area contributed by atoms with Gasteiger partial charge in [0, 0.05) is 40.5 Å². The number of benzene rings is 1. The van der Waals surface area contributed by atoms with Gasteiger partial charge in [-0.25, -0.2) is 9.98 Å². The average molecular weight is 485 g/mol. The van der Waals surface area contributed by atoms with Crippen molar-refractivity contribution < 1.29 is 9.90 Å². The van der Waals surface area contributed by atoms with Gasteiger partial charge in [0.25, 0.3) is 0 Å². The van der Waals surface area contributed by atoms with Crippen molar-refractivity contribution in [3.8, 4) is 0 Å². The molecule has 1 atom stereocenters. The molecule has 1 aliphatic heterocycles. The molecule has 0 aliphatic carbocycles. The molecular weight excluding hydrogens is 463 g/mol. The predicted molar refractivity (Wildman–Crippen MR) is 126 cm³/mol. The van der Waals surface area contributed by atoms with Gasteiger partial charge in [-0.05, 0) is 31.5 Å². The van der Waals surface area contributed by atoms with E-state index in [1.807, 2.05) is 23.7 Å². The van der Waals surface area contributed by atoms with E-state index in [9.17, 15) is 4.79 Å². The minimum atomic E-state index is -0.697. The van der Waals surface area contributed by atoms with Crippen LogP contribution >= 0.6 is 46.3 Å². The zero-order valence-corrected chi connectivity index (χ0v) is 19.7. The normalized spacial score (nSPS) is 16.4. The second-order valence-corrected chi connectivity index (χ2v) is 10.8. The van der Waals surface area contributed by atoms with Crippen LogP contribution in [-0.4, -0.2) is 52.5 Å². The summed E-state index contributed by atoms with van der Waals surface area (Å²) in [4.78, 5) is 25.3. The number of hydrogen-bond acceptors (Lipinski definition) is 8. The Kier molecular flexibility index (Phi) is 7.92. The van der Waals surface area contributed by atoms with E-state index in [-0.39, 0.29) is 11.7 Å². The van der Waals surface area contributed by atoms with Gasteiger partial charge in [0.1, 0.15) is 6.61 Å². The number of hydrogen-bond donors (Lipinski definition) is 2. The lowest BCUT2D eigenvalue weighted by Crippen LogP contribution is -2.30. The number of aliphatic hydroxyl groups excluding tert-OH is 1. The predicted octanol–water partition coefficient (Wildman–Crippen LogP) is 4.24. The van der Waals surface area contributed by atoms with Crippen LogP contribution in [0.2, 0.25) is 10.0 Å². The molecule has 2 N–H and O–H groups in total. The first-order chi connectivity index (χ1) is 14.3. The maximum atomic E-state index is 11.8. The van der Waals surface area contributed by atoms with E-state index in [2.05, 4.69) is 20.3 Å². The highest BCUT2D eigenvalue weighted by Crippen LogP contribution is 2.35. The highest BCUT2D eigenvalue weighted by atomic mass is 35.5. The molecule has 0 amide bonds. The number of aliphatic hydroxyl groups is 1. The summed E-state index contributed by atoms with van der Waals surface area (Å²) >= 11 is 15.1. The molecule has 1 aromatic heterocycles. The van der Waals surface area contributed by atoms with Crippen LogP contribution in [0.25, 0.3) is 0 Å². The third-order valence-corrected chi connectivity index (χ3v) is 7.32. The number of aromatic nitrogens is 1. The third-order valence-electron chi connectivity index (χ3n) is 4.53. The summed E-state index contributed by atoms with van der Waals surface area (Å²) in [6.07, 6.45) is 2.56. The summed E-state index contributed by atoms with van der Waals surface area (Å²) < 4.78 is 0.115. The number of nitrogens with one attached hydrogen (secondary N) is 1. The molecule has 0 fully saturated rings. The lowest BCUT2D eigenvalue weighted by atomic mass is 10.00. The van der Waals surface area contributed by atoms with Crippen LogP contribution in [0.3, 0.4) is 0 Å². The lowest BCUT2D eigenvalue weighted by molar-refractivity contribution is -0.123. The van der Waals surface area contributed by atoms with E-state index in [4.69, 9.17) is 28.3 Å². The van der Waals surface area contributed by atoms with E-state index in [0.29, 0.717) is 35.5 Å². The van der Waals surface area contributed by atoms with Crippen molar-refractivity contribution in [3.05, 3.63) is 44.9 Å². The minimum Gasteiger partial charge on any atom is -0.389 e. The molecule has 0 saturated carbocycles. The number of thioether (sulfide) groups is 1. The molecule has 0 bridgehead atoms. The van der Waals surface area contributed by atoms with Gasteiger partial charge in [0.05, 0.1) is 17.0 Å². The van der Waals surface area contributed by atoms with Gasteiger partial charge < -0.3 is 10.4 Å². The van der Waals surface area contributed by atoms with Crippen LogP contribution in [0.1, 0.15) is 31.0 Å². The van der Waals surface area contributed by atoms with Crippen molar-refractivity contribution >= 4 is 64.3 Å². The molecule has 1 unspecified atom stereocenters. The monoisotopic (exact) mass is 484 g/mol. The molecule has 10 heteroatoms. The van der Waals surface area contributed by atoms with E-state index in [0.717, 1.165) is 15.6 Å². The fourth-order valence-electron chi connectivity index (χ4n) is 2.73. The fourth-order valence-corrected chi connectivity index (χ4v) is 5.60. The topological polar surface area (TPSA) is 86.9 Å². The SMILES string of the molecule is CC(C)(Sc1nc(CCNC2=NCC(c3ccc(Cl)cc3Cl)C=N2)cs1)C(=O)CO. The van der Waals surface area contributed by atoms with Gasteiger partial charge >= 0.3 is 0 Å². The zero-order valence-electron chi connectivity index (χ0n) is 16.6. The fraction of sp³-hybridized carbons (Fsp3) is 0.400. The Hall–Kier alpha value is -1.45. The second-order valence-electron chi connectivity index (χ2n) is 7.19. The second kappa shape index (κ2) is 10.2. The molecule has 160 valence electrons. The van der Waals surface area contributed by atoms with E-state index < -0.39 is 11.4 Å². The number of Topliss-reactive ketones (excluding diaryl/α,β-unsaturated/α-hetero) is 1. The number of carbonyl (C=O) groups excluding carboxylic acids is 1. The van der Waals surface area contributed by atoms with Gasteiger partial charge in [-0.1, -0.05) is 41.0 Å². The van der Waals surface area contributed by atoms with E-state index >= 15 is 0 Å². The van der Waals surface area contributed by atoms with Gasteiger partial charge in [-0.15, -0.1) is 11.3 Å². The van der Waals surface area contributed by atoms with Crippen LogP contribution < -0.4 is 5.32 Å². The van der Waals surface area contributed by atoms with Crippen molar-refractivity contribution in [1.82, 2.24) is 10.3 Å². The number of thiazole rings is 1. The Morgan fingerprint density at radius 1 is 1.40 bits per heavy atom. The summed E-state index contributed by atoms with van der Waals surface area (Å²) in [5.74, 6) is 0.413. The summed E-state index contributed by atoms with van der Waals surface area (Å²) in [7, 11) is 0. The van der Waals surface area contributed by atoms with Crippen LogP contribution in [0, 0.1) is 0 Å². The standard InChI is InChI=1S/C20H22Cl2N4O2S2/c1-20(2,17(28)10-27)30-19-26-14(11-29-19)5-6-23-18-24-8-12(9-25-18)15-4-3-13(21)7-16(15)22/h3-4,7-8,11-12,27H,5-6,9-10H2,1-2H3,(H,23,25). The molecule has 30 heavy (non-hydrogen) atoms. The number of ketones is 1. The first-order valence-electron chi connectivity index (χ1n) is 9.33. The molecule has 2 aromatic rings. The van der Waals surface area contributed by atoms with Crippen LogP contribution in [0.15, 0.2) is 37.9 Å². The molecule has 2 heterocycles. The van der Waals surface area contributed by atoms with E-state index in [1.54, 1.807) is 19.9 Å².